The van der Waals surface area contributed by atoms with Gasteiger partial charge in [0.2, 0.25) is 5.91 Å². The molecule has 0 saturated heterocycles. The number of fused-ring (bicyclic) bond motifs is 1. The highest BCUT2D eigenvalue weighted by molar-refractivity contribution is 5.76. The van der Waals surface area contributed by atoms with Crippen molar-refractivity contribution in [2.75, 3.05) is 0 Å². The lowest BCUT2D eigenvalue weighted by Crippen LogP contribution is -2.32. The average molecular weight is 336 g/mol. The Balaban J connectivity index is 1.49. The topological polar surface area (TPSA) is 67.8 Å². The van der Waals surface area contributed by atoms with Gasteiger partial charge in [-0.2, -0.15) is 0 Å². The molecule has 25 heavy (non-hydrogen) atoms. The molecule has 1 fully saturated rings. The molecule has 1 amide bonds. The summed E-state index contributed by atoms with van der Waals surface area (Å²) in [6.45, 7) is 0. The van der Waals surface area contributed by atoms with Gasteiger partial charge in [0, 0.05) is 41.8 Å². The zero-order valence-corrected chi connectivity index (χ0v) is 14.4. The van der Waals surface area contributed by atoms with Crippen molar-refractivity contribution >= 4 is 5.91 Å². The second-order valence-electron chi connectivity index (χ2n) is 7.20. The Bertz CT molecular complexity index is 741. The first-order valence-electron chi connectivity index (χ1n) is 9.35. The zero-order chi connectivity index (χ0) is 17.1. The first kappa shape index (κ1) is 16.2. The van der Waals surface area contributed by atoms with E-state index in [1.165, 1.54) is 25.7 Å². The van der Waals surface area contributed by atoms with Crippen LogP contribution in [0.4, 0.5) is 0 Å². The second-order valence-corrected chi connectivity index (χ2v) is 7.20. The van der Waals surface area contributed by atoms with Gasteiger partial charge in [0.15, 0.2) is 5.82 Å². The van der Waals surface area contributed by atoms with Gasteiger partial charge in [-0.25, -0.2) is 9.97 Å². The van der Waals surface area contributed by atoms with Gasteiger partial charge in [0.25, 0.3) is 0 Å². The number of nitrogens with zero attached hydrogens (tertiary/aromatic N) is 3. The molecule has 1 N–H and O–H groups in total. The summed E-state index contributed by atoms with van der Waals surface area (Å²) in [7, 11) is 0. The number of amides is 1. The van der Waals surface area contributed by atoms with Gasteiger partial charge in [-0.15, -0.1) is 0 Å². The molecule has 130 valence electrons. The molecule has 1 atom stereocenters. The lowest BCUT2D eigenvalue weighted by molar-refractivity contribution is -0.122. The van der Waals surface area contributed by atoms with Crippen LogP contribution in [0, 0.1) is 5.92 Å². The van der Waals surface area contributed by atoms with Crippen LogP contribution in [-0.4, -0.2) is 20.9 Å². The minimum absolute atomic E-state index is 0.0561. The molecule has 4 rings (SSSR count). The van der Waals surface area contributed by atoms with Gasteiger partial charge < -0.3 is 5.32 Å². The van der Waals surface area contributed by atoms with E-state index in [2.05, 4.69) is 15.3 Å². The van der Waals surface area contributed by atoms with Crippen LogP contribution in [0.2, 0.25) is 0 Å². The van der Waals surface area contributed by atoms with E-state index in [4.69, 9.17) is 4.98 Å². The molecule has 2 aromatic rings. The fraction of sp³-hybridized carbons (Fsp3) is 0.500. The van der Waals surface area contributed by atoms with Crippen molar-refractivity contribution in [2.45, 2.75) is 57.4 Å². The van der Waals surface area contributed by atoms with Crippen molar-refractivity contribution in [3.05, 3.63) is 42.0 Å². The van der Waals surface area contributed by atoms with Crippen LogP contribution in [0.3, 0.4) is 0 Å². The normalized spacial score (nSPS) is 20.2. The Kier molecular flexibility index (Phi) is 4.72. The smallest absolute Gasteiger partial charge is 0.220 e. The Morgan fingerprint density at radius 2 is 2.04 bits per heavy atom. The summed E-state index contributed by atoms with van der Waals surface area (Å²) < 4.78 is 0. The van der Waals surface area contributed by atoms with Crippen molar-refractivity contribution in [1.29, 1.82) is 0 Å². The third-order valence-electron chi connectivity index (χ3n) is 5.39. The fourth-order valence-electron chi connectivity index (χ4n) is 4.06. The third-order valence-corrected chi connectivity index (χ3v) is 5.39. The van der Waals surface area contributed by atoms with Crippen LogP contribution in [0.15, 0.2) is 30.7 Å². The van der Waals surface area contributed by atoms with Gasteiger partial charge >= 0.3 is 0 Å². The number of nitrogens with one attached hydrogen (secondary N) is 1. The SMILES string of the molecule is O=C(CC1CCCC1)N[C@@H]1CCCc2nc(-c3cccnc3)ncc21. The van der Waals surface area contributed by atoms with Crippen molar-refractivity contribution in [3.8, 4) is 11.4 Å². The largest absolute Gasteiger partial charge is 0.349 e. The molecule has 0 unspecified atom stereocenters. The van der Waals surface area contributed by atoms with E-state index in [1.54, 1.807) is 12.4 Å². The lowest BCUT2D eigenvalue weighted by Gasteiger charge is -2.26. The lowest BCUT2D eigenvalue weighted by atomic mass is 9.91. The zero-order valence-electron chi connectivity index (χ0n) is 14.4. The Morgan fingerprint density at radius 3 is 2.84 bits per heavy atom. The summed E-state index contributed by atoms with van der Waals surface area (Å²) in [5.74, 6) is 1.47. The van der Waals surface area contributed by atoms with Gasteiger partial charge in [-0.1, -0.05) is 12.8 Å². The van der Waals surface area contributed by atoms with E-state index in [-0.39, 0.29) is 11.9 Å². The molecule has 0 radical (unpaired) electrons. The summed E-state index contributed by atoms with van der Waals surface area (Å²) in [6.07, 6.45) is 14.0. The summed E-state index contributed by atoms with van der Waals surface area (Å²) >= 11 is 0. The van der Waals surface area contributed by atoms with Gasteiger partial charge in [0.1, 0.15) is 0 Å². The standard InChI is InChI=1S/C20H24N4O/c25-19(11-14-5-1-2-6-14)23-17-8-3-9-18-16(17)13-22-20(24-18)15-7-4-10-21-12-15/h4,7,10,12-14,17H,1-3,5-6,8-9,11H2,(H,23,25)/t17-/m1/s1. The molecule has 2 heterocycles. The van der Waals surface area contributed by atoms with E-state index in [0.717, 1.165) is 36.1 Å². The highest BCUT2D eigenvalue weighted by Crippen LogP contribution is 2.31. The van der Waals surface area contributed by atoms with Crippen molar-refractivity contribution in [1.82, 2.24) is 20.3 Å². The maximum atomic E-state index is 12.4. The van der Waals surface area contributed by atoms with Gasteiger partial charge in [-0.05, 0) is 50.2 Å². The van der Waals surface area contributed by atoms with E-state index >= 15 is 0 Å². The molecule has 2 aliphatic rings. The number of pyridine rings is 1. The monoisotopic (exact) mass is 336 g/mol. The van der Waals surface area contributed by atoms with Crippen LogP contribution >= 0.6 is 0 Å². The first-order chi connectivity index (χ1) is 12.3. The number of hydrogen-bond acceptors (Lipinski definition) is 4. The molecule has 5 heteroatoms. The summed E-state index contributed by atoms with van der Waals surface area (Å²) in [5.41, 5.74) is 3.07. The fourth-order valence-corrected chi connectivity index (χ4v) is 4.06. The van der Waals surface area contributed by atoms with Crippen LogP contribution in [0.25, 0.3) is 11.4 Å². The average Bonchev–Trinajstić information content (AvgIpc) is 3.15. The molecule has 5 nitrogen and oxygen atoms in total. The predicted molar refractivity (Wildman–Crippen MR) is 95.7 cm³/mol. The van der Waals surface area contributed by atoms with E-state index < -0.39 is 0 Å². The van der Waals surface area contributed by atoms with E-state index in [9.17, 15) is 4.79 Å². The van der Waals surface area contributed by atoms with E-state index in [1.807, 2.05) is 18.3 Å². The molecule has 0 bridgehead atoms. The third kappa shape index (κ3) is 3.70. The van der Waals surface area contributed by atoms with Crippen molar-refractivity contribution < 1.29 is 4.79 Å². The maximum absolute atomic E-state index is 12.4. The molecule has 2 aromatic heterocycles. The number of hydrogen-bond donors (Lipinski definition) is 1. The number of aromatic nitrogens is 3. The van der Waals surface area contributed by atoms with Crippen molar-refractivity contribution in [3.63, 3.8) is 0 Å². The van der Waals surface area contributed by atoms with Crippen LogP contribution in [-0.2, 0) is 11.2 Å². The molecule has 0 aliphatic heterocycles. The van der Waals surface area contributed by atoms with Crippen molar-refractivity contribution in [2.24, 2.45) is 5.92 Å². The highest BCUT2D eigenvalue weighted by atomic mass is 16.1. The van der Waals surface area contributed by atoms with Crippen LogP contribution in [0.1, 0.15) is 62.2 Å². The molecule has 0 aromatic carbocycles. The number of rotatable bonds is 4. The summed E-state index contributed by atoms with van der Waals surface area (Å²) in [5, 5.41) is 3.23. The minimum atomic E-state index is 0.0561. The maximum Gasteiger partial charge on any atom is 0.220 e. The Morgan fingerprint density at radius 1 is 1.16 bits per heavy atom. The summed E-state index contributed by atoms with van der Waals surface area (Å²) in [4.78, 5) is 25.8. The minimum Gasteiger partial charge on any atom is -0.349 e. The molecular formula is C20H24N4O. The molecule has 1 saturated carbocycles. The van der Waals surface area contributed by atoms with E-state index in [0.29, 0.717) is 18.2 Å². The van der Waals surface area contributed by atoms with Gasteiger partial charge in [-0.3, -0.25) is 9.78 Å². The second kappa shape index (κ2) is 7.30. The van der Waals surface area contributed by atoms with Gasteiger partial charge in [0.05, 0.1) is 6.04 Å². The first-order valence-corrected chi connectivity index (χ1v) is 9.35. The van der Waals surface area contributed by atoms with Crippen LogP contribution in [0.5, 0.6) is 0 Å². The number of carbonyl (C=O) groups excluding carboxylic acids is 1. The number of carbonyl (C=O) groups is 1. The highest BCUT2D eigenvalue weighted by Gasteiger charge is 2.25. The molecule has 0 spiro atoms. The van der Waals surface area contributed by atoms with Crippen LogP contribution < -0.4 is 5.32 Å². The number of aryl methyl sites for hydroxylation is 1. The summed E-state index contributed by atoms with van der Waals surface area (Å²) in [6, 6.07) is 3.92. The predicted octanol–water partition coefficient (Wildman–Crippen LogP) is 3.61. The quantitative estimate of drug-likeness (QED) is 0.926. The Labute approximate surface area is 148 Å². The Hall–Kier alpha value is -2.30. The molecular weight excluding hydrogens is 312 g/mol. The molecule has 2 aliphatic carbocycles.